The Kier molecular flexibility index (Phi) is 9.38. The fourth-order valence-corrected chi connectivity index (χ4v) is 3.74. The highest BCUT2D eigenvalue weighted by Crippen LogP contribution is 2.21. The average Bonchev–Trinajstić information content (AvgIpc) is 3.33. The van der Waals surface area contributed by atoms with Gasteiger partial charge in [-0.3, -0.25) is 4.99 Å². The molecule has 0 saturated heterocycles. The van der Waals surface area contributed by atoms with Crippen LogP contribution >= 0.6 is 35.3 Å². The number of ether oxygens (including phenoxy) is 1. The Morgan fingerprint density at radius 2 is 2.17 bits per heavy atom. The van der Waals surface area contributed by atoms with Crippen molar-refractivity contribution in [1.82, 2.24) is 15.2 Å². The van der Waals surface area contributed by atoms with Gasteiger partial charge in [0.1, 0.15) is 22.5 Å². The number of para-hydroxylation sites is 1. The Bertz CT molecular complexity index is 891. The maximum atomic E-state index is 5.88. The second-order valence-corrected chi connectivity index (χ2v) is 7.54. The van der Waals surface area contributed by atoms with E-state index in [1.54, 1.807) is 18.4 Å². The molecular formula is C21H29IN4O2S. The molecule has 0 aliphatic carbocycles. The number of hydrogen-bond donors (Lipinski definition) is 1. The van der Waals surface area contributed by atoms with E-state index in [-0.39, 0.29) is 30.1 Å². The Balaban J connectivity index is 0.00000300. The minimum atomic E-state index is 0. The predicted molar refractivity (Wildman–Crippen MR) is 130 cm³/mol. The molecule has 3 aromatic rings. The number of halogens is 1. The second-order valence-electron chi connectivity index (χ2n) is 6.65. The van der Waals surface area contributed by atoms with Crippen molar-refractivity contribution >= 4 is 52.2 Å². The number of benzene rings is 1. The van der Waals surface area contributed by atoms with Crippen LogP contribution in [0.4, 0.5) is 0 Å². The number of guanidine groups is 1. The molecule has 2 aromatic heterocycles. The van der Waals surface area contributed by atoms with Crippen molar-refractivity contribution in [2.45, 2.75) is 32.9 Å². The smallest absolute Gasteiger partial charge is 0.194 e. The Morgan fingerprint density at radius 1 is 1.38 bits per heavy atom. The standard InChI is InChI=1S/C21H28N4O2S.HI/c1-5-22-21(25(3)13-17-14-28-20(24-17)15(2)26-4)23-11-10-18-12-16-8-6-7-9-19(16)27-18;/h6-9,12,14-15H,5,10-11,13H2,1-4H3,(H,22,23);1H. The summed E-state index contributed by atoms with van der Waals surface area (Å²) in [5.74, 6) is 1.83. The van der Waals surface area contributed by atoms with Crippen molar-refractivity contribution in [3.8, 4) is 0 Å². The second kappa shape index (κ2) is 11.5. The topological polar surface area (TPSA) is 62.9 Å². The summed E-state index contributed by atoms with van der Waals surface area (Å²) in [5, 5.41) is 7.57. The molecule has 0 aliphatic rings. The number of fused-ring (bicyclic) bond motifs is 1. The molecule has 8 heteroatoms. The van der Waals surface area contributed by atoms with E-state index >= 15 is 0 Å². The van der Waals surface area contributed by atoms with Crippen LogP contribution in [0, 0.1) is 0 Å². The lowest BCUT2D eigenvalue weighted by Crippen LogP contribution is -2.38. The summed E-state index contributed by atoms with van der Waals surface area (Å²) in [7, 11) is 3.73. The van der Waals surface area contributed by atoms with Crippen LogP contribution in [0.1, 0.15) is 36.4 Å². The molecule has 0 saturated carbocycles. The van der Waals surface area contributed by atoms with Gasteiger partial charge in [0.05, 0.1) is 12.2 Å². The number of rotatable bonds is 8. The third kappa shape index (κ3) is 6.42. The lowest BCUT2D eigenvalue weighted by Gasteiger charge is -2.21. The Hall–Kier alpha value is -1.65. The third-order valence-corrected chi connectivity index (χ3v) is 5.52. The molecule has 2 heterocycles. The minimum Gasteiger partial charge on any atom is -0.461 e. The zero-order chi connectivity index (χ0) is 19.9. The third-order valence-electron chi connectivity index (χ3n) is 4.46. The lowest BCUT2D eigenvalue weighted by atomic mass is 10.2. The number of thiazole rings is 1. The number of nitrogens with zero attached hydrogens (tertiary/aromatic N) is 3. The highest BCUT2D eigenvalue weighted by molar-refractivity contribution is 14.0. The van der Waals surface area contributed by atoms with Crippen molar-refractivity contribution in [2.24, 2.45) is 4.99 Å². The molecule has 0 radical (unpaired) electrons. The van der Waals surface area contributed by atoms with Gasteiger partial charge in [-0.15, -0.1) is 35.3 Å². The van der Waals surface area contributed by atoms with Crippen molar-refractivity contribution < 1.29 is 9.15 Å². The first-order valence-corrected chi connectivity index (χ1v) is 10.4. The summed E-state index contributed by atoms with van der Waals surface area (Å²) in [5.41, 5.74) is 1.95. The summed E-state index contributed by atoms with van der Waals surface area (Å²) >= 11 is 1.63. The summed E-state index contributed by atoms with van der Waals surface area (Å²) in [6, 6.07) is 10.2. The number of furan rings is 1. The van der Waals surface area contributed by atoms with Crippen LogP contribution in [0.3, 0.4) is 0 Å². The fourth-order valence-electron chi connectivity index (χ4n) is 2.90. The highest BCUT2D eigenvalue weighted by atomic mass is 127. The van der Waals surface area contributed by atoms with Crippen LogP contribution < -0.4 is 5.32 Å². The van der Waals surface area contributed by atoms with Gasteiger partial charge in [0.2, 0.25) is 0 Å². The average molecular weight is 528 g/mol. The van der Waals surface area contributed by atoms with Gasteiger partial charge in [-0.25, -0.2) is 4.98 Å². The van der Waals surface area contributed by atoms with Gasteiger partial charge in [0.15, 0.2) is 5.96 Å². The van der Waals surface area contributed by atoms with E-state index < -0.39 is 0 Å². The molecule has 0 spiro atoms. The summed E-state index contributed by atoms with van der Waals surface area (Å²) in [6.07, 6.45) is 0.790. The van der Waals surface area contributed by atoms with Crippen molar-refractivity contribution in [3.05, 3.63) is 52.2 Å². The van der Waals surface area contributed by atoms with Gasteiger partial charge in [0, 0.05) is 44.4 Å². The quantitative estimate of drug-likeness (QED) is 0.257. The number of aliphatic imine (C=N–C) groups is 1. The lowest BCUT2D eigenvalue weighted by molar-refractivity contribution is 0.119. The molecule has 29 heavy (non-hydrogen) atoms. The van der Waals surface area contributed by atoms with E-state index in [1.807, 2.05) is 32.2 Å². The molecule has 1 N–H and O–H groups in total. The predicted octanol–water partition coefficient (Wildman–Crippen LogP) is 4.85. The van der Waals surface area contributed by atoms with Crippen LogP contribution in [0.2, 0.25) is 0 Å². The van der Waals surface area contributed by atoms with E-state index in [1.165, 1.54) is 0 Å². The monoisotopic (exact) mass is 528 g/mol. The molecule has 1 atom stereocenters. The van der Waals surface area contributed by atoms with Crippen molar-refractivity contribution in [1.29, 1.82) is 0 Å². The van der Waals surface area contributed by atoms with Crippen LogP contribution in [0.25, 0.3) is 11.0 Å². The number of aromatic nitrogens is 1. The molecule has 0 aliphatic heterocycles. The minimum absolute atomic E-state index is 0. The number of hydrogen-bond acceptors (Lipinski definition) is 5. The van der Waals surface area contributed by atoms with Gasteiger partial charge in [-0.05, 0) is 26.0 Å². The fraction of sp³-hybridized carbons (Fsp3) is 0.429. The molecule has 1 unspecified atom stereocenters. The summed E-state index contributed by atoms with van der Waals surface area (Å²) in [4.78, 5) is 11.5. The van der Waals surface area contributed by atoms with Crippen LogP contribution in [0.15, 0.2) is 45.1 Å². The largest absolute Gasteiger partial charge is 0.461 e. The first-order valence-electron chi connectivity index (χ1n) is 9.54. The molecule has 0 bridgehead atoms. The van der Waals surface area contributed by atoms with Gasteiger partial charge in [-0.2, -0.15) is 0 Å². The van der Waals surface area contributed by atoms with Gasteiger partial charge < -0.3 is 19.4 Å². The molecule has 3 rings (SSSR count). The zero-order valence-corrected chi connectivity index (χ0v) is 20.5. The molecule has 0 fully saturated rings. The van der Waals surface area contributed by atoms with Gasteiger partial charge in [-0.1, -0.05) is 18.2 Å². The van der Waals surface area contributed by atoms with E-state index in [0.29, 0.717) is 13.1 Å². The van der Waals surface area contributed by atoms with Gasteiger partial charge in [0.25, 0.3) is 0 Å². The first kappa shape index (κ1) is 23.6. The van der Waals surface area contributed by atoms with Gasteiger partial charge >= 0.3 is 0 Å². The molecule has 158 valence electrons. The van der Waals surface area contributed by atoms with Crippen LogP contribution in [-0.2, 0) is 17.7 Å². The summed E-state index contributed by atoms with van der Waals surface area (Å²) < 4.78 is 11.2. The Labute approximate surface area is 193 Å². The maximum Gasteiger partial charge on any atom is 0.194 e. The molecule has 0 amide bonds. The van der Waals surface area contributed by atoms with E-state index in [9.17, 15) is 0 Å². The first-order chi connectivity index (χ1) is 13.6. The number of methoxy groups -OCH3 is 1. The normalized spacial score (nSPS) is 12.6. The number of nitrogens with one attached hydrogen (secondary N) is 1. The SMILES string of the molecule is CCNC(=NCCc1cc2ccccc2o1)N(C)Cc1csc(C(C)OC)n1.I. The van der Waals surface area contributed by atoms with Crippen LogP contribution in [0.5, 0.6) is 0 Å². The molecule has 6 nitrogen and oxygen atoms in total. The Morgan fingerprint density at radius 3 is 2.90 bits per heavy atom. The van der Waals surface area contributed by atoms with E-state index in [2.05, 4.69) is 39.6 Å². The van der Waals surface area contributed by atoms with E-state index in [4.69, 9.17) is 14.1 Å². The van der Waals surface area contributed by atoms with Crippen LogP contribution in [-0.4, -0.2) is 43.1 Å². The maximum absolute atomic E-state index is 5.88. The van der Waals surface area contributed by atoms with Crippen molar-refractivity contribution in [3.63, 3.8) is 0 Å². The molecule has 1 aromatic carbocycles. The summed E-state index contributed by atoms with van der Waals surface area (Å²) in [6.45, 7) is 6.26. The zero-order valence-electron chi connectivity index (χ0n) is 17.3. The van der Waals surface area contributed by atoms with Crippen molar-refractivity contribution in [2.75, 3.05) is 27.2 Å². The molecular weight excluding hydrogens is 499 g/mol. The highest BCUT2D eigenvalue weighted by Gasteiger charge is 2.13. The van der Waals surface area contributed by atoms with E-state index in [0.717, 1.165) is 46.4 Å².